The van der Waals surface area contributed by atoms with Crippen molar-refractivity contribution < 1.29 is 27.8 Å². The minimum Gasteiger partial charge on any atom is -0.481 e. The largest absolute Gasteiger partial charge is 0.481 e. The van der Waals surface area contributed by atoms with Crippen LogP contribution in [0.2, 0.25) is 0 Å². The fourth-order valence-corrected chi connectivity index (χ4v) is 3.98. The van der Waals surface area contributed by atoms with Gasteiger partial charge < -0.3 is 18.6 Å². The first-order chi connectivity index (χ1) is 17.9. The smallest absolute Gasteiger partial charge is 0.344 e. The Kier molecular flexibility index (Phi) is 7.66. The lowest BCUT2D eigenvalue weighted by Gasteiger charge is -2.20. The second-order valence-electron chi connectivity index (χ2n) is 10.6. The number of hydrogen-bond donors (Lipinski definition) is 0. The molecule has 0 aliphatic heterocycles. The van der Waals surface area contributed by atoms with Crippen LogP contribution in [0, 0.1) is 25.6 Å². The van der Waals surface area contributed by atoms with Crippen molar-refractivity contribution in [3.63, 3.8) is 0 Å². The molecule has 0 atom stereocenters. The van der Waals surface area contributed by atoms with Gasteiger partial charge >= 0.3 is 12.0 Å². The average Bonchev–Trinajstić information content (AvgIpc) is 3.23. The van der Waals surface area contributed by atoms with E-state index in [0.717, 1.165) is 16.7 Å². The molecule has 0 spiro atoms. The predicted molar refractivity (Wildman–Crippen MR) is 141 cm³/mol. The standard InChI is InChI=1S/C29H32FN3O5/c1-16(2)12-21-24-27(33-28(31-21)36-22-11-9-8-10-20(22)30)37-26(32-24)19-13-17(3)25(18(4)14-19)35-15-23(34)38-29(5,6)7/h8-11,13-14,16H,12,15H2,1-7H3. The third-order valence-electron chi connectivity index (χ3n) is 5.41. The number of hydrogen-bond acceptors (Lipinski definition) is 8. The fourth-order valence-electron chi connectivity index (χ4n) is 3.98. The normalized spacial score (nSPS) is 11.7. The molecule has 0 unspecified atom stereocenters. The zero-order valence-corrected chi connectivity index (χ0v) is 22.7. The summed E-state index contributed by atoms with van der Waals surface area (Å²) >= 11 is 0. The van der Waals surface area contributed by atoms with Crippen LogP contribution in [0.3, 0.4) is 0 Å². The van der Waals surface area contributed by atoms with Crippen molar-refractivity contribution in [3.05, 3.63) is 59.0 Å². The van der Waals surface area contributed by atoms with Crippen LogP contribution in [0.15, 0.2) is 40.8 Å². The Hall–Kier alpha value is -4.01. The molecular formula is C29H32FN3O5. The Balaban J connectivity index is 1.65. The highest BCUT2D eigenvalue weighted by atomic mass is 19.1. The van der Waals surface area contributed by atoms with E-state index in [1.54, 1.807) is 12.1 Å². The molecule has 0 fully saturated rings. The van der Waals surface area contributed by atoms with E-state index in [1.165, 1.54) is 12.1 Å². The van der Waals surface area contributed by atoms with Gasteiger partial charge in [-0.05, 0) is 82.3 Å². The highest BCUT2D eigenvalue weighted by Gasteiger charge is 2.21. The lowest BCUT2D eigenvalue weighted by Crippen LogP contribution is -2.27. The highest BCUT2D eigenvalue weighted by molar-refractivity contribution is 5.76. The van der Waals surface area contributed by atoms with E-state index in [-0.39, 0.29) is 30.0 Å². The Morgan fingerprint density at radius 3 is 2.37 bits per heavy atom. The molecule has 0 aliphatic rings. The van der Waals surface area contributed by atoms with Gasteiger partial charge in [0.25, 0.3) is 5.71 Å². The first-order valence-corrected chi connectivity index (χ1v) is 12.5. The molecule has 0 amide bonds. The minimum absolute atomic E-state index is 0.0146. The second kappa shape index (κ2) is 10.8. The quantitative estimate of drug-likeness (QED) is 0.235. The van der Waals surface area contributed by atoms with Gasteiger partial charge in [0.15, 0.2) is 23.7 Å². The molecule has 8 nitrogen and oxygen atoms in total. The van der Waals surface area contributed by atoms with Crippen molar-refractivity contribution in [2.24, 2.45) is 5.92 Å². The van der Waals surface area contributed by atoms with E-state index in [4.69, 9.17) is 23.6 Å². The van der Waals surface area contributed by atoms with Crippen LogP contribution in [-0.2, 0) is 16.0 Å². The van der Waals surface area contributed by atoms with Crippen LogP contribution in [0.25, 0.3) is 22.7 Å². The van der Waals surface area contributed by atoms with Crippen LogP contribution in [-0.4, -0.2) is 33.1 Å². The molecule has 4 aromatic rings. The van der Waals surface area contributed by atoms with Gasteiger partial charge in [0.05, 0.1) is 5.69 Å². The molecule has 2 aromatic heterocycles. The maximum Gasteiger partial charge on any atom is 0.344 e. The number of aromatic nitrogens is 3. The fraction of sp³-hybridized carbons (Fsp3) is 0.379. The van der Waals surface area contributed by atoms with Gasteiger partial charge in [0.1, 0.15) is 11.4 Å². The number of ether oxygens (including phenoxy) is 3. The van der Waals surface area contributed by atoms with Crippen molar-refractivity contribution in [1.82, 2.24) is 15.0 Å². The zero-order valence-electron chi connectivity index (χ0n) is 22.7. The first kappa shape index (κ1) is 27.0. The summed E-state index contributed by atoms with van der Waals surface area (Å²) in [7, 11) is 0. The Morgan fingerprint density at radius 1 is 1.05 bits per heavy atom. The SMILES string of the molecule is Cc1cc(-c2nc3c(CC(C)C)nc(Oc4ccccc4F)nc3o2)cc(C)c1OCC(=O)OC(C)(C)C. The number of para-hydroxylation sites is 1. The number of oxazole rings is 1. The number of aryl methyl sites for hydroxylation is 2. The second-order valence-corrected chi connectivity index (χ2v) is 10.6. The monoisotopic (exact) mass is 521 g/mol. The lowest BCUT2D eigenvalue weighted by atomic mass is 10.1. The molecule has 0 N–H and O–H groups in total. The summed E-state index contributed by atoms with van der Waals surface area (Å²) in [5.74, 6) is 0.295. The first-order valence-electron chi connectivity index (χ1n) is 12.5. The van der Waals surface area contributed by atoms with Crippen molar-refractivity contribution in [3.8, 4) is 29.0 Å². The van der Waals surface area contributed by atoms with Crippen LogP contribution >= 0.6 is 0 Å². The molecule has 4 rings (SSSR count). The molecule has 2 heterocycles. The van der Waals surface area contributed by atoms with Gasteiger partial charge in [-0.1, -0.05) is 26.0 Å². The summed E-state index contributed by atoms with van der Waals surface area (Å²) in [5.41, 5.74) is 3.17. The lowest BCUT2D eigenvalue weighted by molar-refractivity contribution is -0.157. The van der Waals surface area contributed by atoms with Crippen LogP contribution in [0.5, 0.6) is 17.5 Å². The van der Waals surface area contributed by atoms with Crippen LogP contribution < -0.4 is 9.47 Å². The number of carbonyl (C=O) groups excluding carboxylic acids is 1. The van der Waals surface area contributed by atoms with E-state index in [9.17, 15) is 9.18 Å². The summed E-state index contributed by atoms with van der Waals surface area (Å²) in [6.07, 6.45) is 0.605. The van der Waals surface area contributed by atoms with E-state index in [1.807, 2.05) is 46.8 Å². The molecule has 0 radical (unpaired) electrons. The molecule has 0 saturated heterocycles. The molecule has 9 heteroatoms. The minimum atomic E-state index is -0.584. The number of nitrogens with zero attached hydrogens (tertiary/aromatic N) is 3. The van der Waals surface area contributed by atoms with Gasteiger partial charge in [-0.15, -0.1) is 0 Å². The molecule has 0 saturated carbocycles. The third kappa shape index (κ3) is 6.45. The molecule has 0 bridgehead atoms. The van der Waals surface area contributed by atoms with E-state index in [0.29, 0.717) is 29.3 Å². The summed E-state index contributed by atoms with van der Waals surface area (Å²) in [4.78, 5) is 25.7. The van der Waals surface area contributed by atoms with Gasteiger partial charge in [0, 0.05) is 5.56 Å². The van der Waals surface area contributed by atoms with Crippen LogP contribution in [0.4, 0.5) is 4.39 Å². The van der Waals surface area contributed by atoms with Crippen LogP contribution in [0.1, 0.15) is 51.4 Å². The summed E-state index contributed by atoms with van der Waals surface area (Å²) in [6.45, 7) is 13.1. The predicted octanol–water partition coefficient (Wildman–Crippen LogP) is 6.75. The summed E-state index contributed by atoms with van der Waals surface area (Å²) < 4.78 is 36.9. The molecule has 2 aromatic carbocycles. The summed E-state index contributed by atoms with van der Waals surface area (Å²) in [6, 6.07) is 9.79. The van der Waals surface area contributed by atoms with Crippen molar-refractivity contribution in [2.45, 2.75) is 60.5 Å². The molecule has 200 valence electrons. The number of halogens is 1. The Labute approximate surface area is 221 Å². The molecule has 0 aliphatic carbocycles. The highest BCUT2D eigenvalue weighted by Crippen LogP contribution is 2.33. The van der Waals surface area contributed by atoms with Crippen molar-refractivity contribution in [2.75, 3.05) is 6.61 Å². The number of benzene rings is 2. The molecule has 38 heavy (non-hydrogen) atoms. The maximum atomic E-state index is 14.2. The van der Waals surface area contributed by atoms with Gasteiger partial charge in [-0.25, -0.2) is 14.2 Å². The summed E-state index contributed by atoms with van der Waals surface area (Å²) in [5, 5.41) is 0. The number of fused-ring (bicyclic) bond motifs is 1. The number of esters is 1. The van der Waals surface area contributed by atoms with Gasteiger partial charge in [-0.2, -0.15) is 9.97 Å². The zero-order chi connectivity index (χ0) is 27.6. The van der Waals surface area contributed by atoms with E-state index in [2.05, 4.69) is 23.8 Å². The van der Waals surface area contributed by atoms with Gasteiger partial charge in [-0.3, -0.25) is 0 Å². The topological polar surface area (TPSA) is 96.6 Å². The van der Waals surface area contributed by atoms with E-state index < -0.39 is 17.4 Å². The molecular weight excluding hydrogens is 489 g/mol. The van der Waals surface area contributed by atoms with Crippen molar-refractivity contribution >= 4 is 17.2 Å². The maximum absolute atomic E-state index is 14.2. The van der Waals surface area contributed by atoms with Crippen molar-refractivity contribution in [1.29, 1.82) is 0 Å². The van der Waals surface area contributed by atoms with E-state index >= 15 is 0 Å². The van der Waals surface area contributed by atoms with Gasteiger partial charge in [0.2, 0.25) is 5.89 Å². The third-order valence-corrected chi connectivity index (χ3v) is 5.41. The average molecular weight is 522 g/mol. The Bertz CT molecular complexity index is 1450. The number of rotatable bonds is 8. The Morgan fingerprint density at radius 2 is 1.74 bits per heavy atom. The number of carbonyl (C=O) groups is 1.